The Morgan fingerprint density at radius 1 is 1.10 bits per heavy atom. The van der Waals surface area contributed by atoms with E-state index < -0.39 is 0 Å². The van der Waals surface area contributed by atoms with Gasteiger partial charge in [-0.15, -0.1) is 0 Å². The third-order valence-corrected chi connectivity index (χ3v) is 4.02. The minimum Gasteiger partial charge on any atom is -0.382 e. The Balaban J connectivity index is 2.02. The number of anilines is 2. The first kappa shape index (κ1) is 14.9. The first-order valence-electron chi connectivity index (χ1n) is 7.80. The fourth-order valence-electron chi connectivity index (χ4n) is 2.87. The van der Waals surface area contributed by atoms with Gasteiger partial charge >= 0.3 is 0 Å². The third kappa shape index (κ3) is 4.55. The summed E-state index contributed by atoms with van der Waals surface area (Å²) in [6.45, 7) is 3.57. The lowest BCUT2D eigenvalue weighted by Crippen LogP contribution is -2.20. The molecule has 0 spiro atoms. The molecule has 0 saturated heterocycles. The van der Waals surface area contributed by atoms with Crippen LogP contribution >= 0.6 is 0 Å². The summed E-state index contributed by atoms with van der Waals surface area (Å²) in [5.41, 5.74) is 3.13. The molecule has 0 aliphatic heterocycles. The second-order valence-corrected chi connectivity index (χ2v) is 5.90. The van der Waals surface area contributed by atoms with E-state index in [1.54, 1.807) is 6.92 Å². The van der Waals surface area contributed by atoms with Crippen LogP contribution in [0.15, 0.2) is 18.2 Å². The molecule has 3 nitrogen and oxygen atoms in total. The first-order valence-corrected chi connectivity index (χ1v) is 7.80. The van der Waals surface area contributed by atoms with Crippen molar-refractivity contribution in [2.45, 2.75) is 64.8 Å². The minimum absolute atomic E-state index is 0.0174. The number of nitrogens with one attached hydrogen (secondary N) is 2. The highest BCUT2D eigenvalue weighted by molar-refractivity contribution is 5.90. The minimum atomic E-state index is -0.0174. The van der Waals surface area contributed by atoms with Gasteiger partial charge in [0.1, 0.15) is 0 Å². The van der Waals surface area contributed by atoms with E-state index in [4.69, 9.17) is 0 Å². The zero-order valence-electron chi connectivity index (χ0n) is 12.7. The van der Waals surface area contributed by atoms with E-state index in [9.17, 15) is 4.79 Å². The quantitative estimate of drug-likeness (QED) is 0.853. The molecule has 1 aliphatic rings. The third-order valence-electron chi connectivity index (χ3n) is 4.02. The number of hydrogen-bond acceptors (Lipinski definition) is 2. The van der Waals surface area contributed by atoms with Crippen molar-refractivity contribution in [3.8, 4) is 0 Å². The van der Waals surface area contributed by atoms with Gasteiger partial charge in [-0.3, -0.25) is 4.79 Å². The van der Waals surface area contributed by atoms with Gasteiger partial charge in [-0.1, -0.05) is 38.2 Å². The molecule has 2 N–H and O–H groups in total. The predicted octanol–water partition coefficient (Wildman–Crippen LogP) is 4.48. The van der Waals surface area contributed by atoms with Gasteiger partial charge in [0, 0.05) is 24.3 Å². The molecule has 1 amide bonds. The molecule has 0 atom stereocenters. The Kier molecular flexibility index (Phi) is 5.45. The van der Waals surface area contributed by atoms with Gasteiger partial charge < -0.3 is 10.6 Å². The molecule has 1 aromatic rings. The molecule has 0 bridgehead atoms. The average molecular weight is 274 g/mol. The van der Waals surface area contributed by atoms with Crippen LogP contribution in [0.1, 0.15) is 57.4 Å². The molecule has 1 aromatic carbocycles. The van der Waals surface area contributed by atoms with Crippen LogP contribution in [0.5, 0.6) is 0 Å². The van der Waals surface area contributed by atoms with Crippen molar-refractivity contribution in [3.63, 3.8) is 0 Å². The van der Waals surface area contributed by atoms with E-state index in [0.717, 1.165) is 16.9 Å². The van der Waals surface area contributed by atoms with Gasteiger partial charge in [0.2, 0.25) is 5.91 Å². The van der Waals surface area contributed by atoms with Crippen LogP contribution in [0.25, 0.3) is 0 Å². The van der Waals surface area contributed by atoms with Crippen molar-refractivity contribution >= 4 is 17.3 Å². The fraction of sp³-hybridized carbons (Fsp3) is 0.588. The normalized spacial score (nSPS) is 17.1. The Morgan fingerprint density at radius 2 is 1.75 bits per heavy atom. The molecule has 110 valence electrons. The number of rotatable bonds is 3. The second-order valence-electron chi connectivity index (χ2n) is 5.90. The lowest BCUT2D eigenvalue weighted by Gasteiger charge is -2.22. The Hall–Kier alpha value is -1.51. The van der Waals surface area contributed by atoms with Crippen molar-refractivity contribution in [2.24, 2.45) is 0 Å². The molecular weight excluding hydrogens is 248 g/mol. The summed E-state index contributed by atoms with van der Waals surface area (Å²) in [6.07, 6.45) is 9.27. The van der Waals surface area contributed by atoms with Crippen LogP contribution in [-0.2, 0) is 4.79 Å². The van der Waals surface area contributed by atoms with Crippen LogP contribution in [0.3, 0.4) is 0 Å². The van der Waals surface area contributed by atoms with Crippen molar-refractivity contribution in [3.05, 3.63) is 23.8 Å². The molecule has 1 saturated carbocycles. The molecule has 1 fully saturated rings. The van der Waals surface area contributed by atoms with Crippen molar-refractivity contribution in [1.82, 2.24) is 0 Å². The summed E-state index contributed by atoms with van der Waals surface area (Å²) in [5.74, 6) is -0.0174. The summed E-state index contributed by atoms with van der Waals surface area (Å²) in [7, 11) is 0. The molecule has 1 aliphatic carbocycles. The highest BCUT2D eigenvalue weighted by Crippen LogP contribution is 2.24. The largest absolute Gasteiger partial charge is 0.382 e. The molecule has 0 radical (unpaired) electrons. The van der Waals surface area contributed by atoms with Crippen LogP contribution < -0.4 is 10.6 Å². The van der Waals surface area contributed by atoms with Crippen molar-refractivity contribution in [1.29, 1.82) is 0 Å². The molecule has 3 heteroatoms. The monoisotopic (exact) mass is 274 g/mol. The number of carbonyl (C=O) groups is 1. The van der Waals surface area contributed by atoms with Crippen LogP contribution in [0, 0.1) is 6.92 Å². The maximum Gasteiger partial charge on any atom is 0.221 e. The lowest BCUT2D eigenvalue weighted by atomic mass is 9.96. The van der Waals surface area contributed by atoms with Crippen LogP contribution in [-0.4, -0.2) is 11.9 Å². The summed E-state index contributed by atoms with van der Waals surface area (Å²) >= 11 is 0. The van der Waals surface area contributed by atoms with Gasteiger partial charge in [-0.05, 0) is 37.5 Å². The van der Waals surface area contributed by atoms with E-state index in [2.05, 4.69) is 28.8 Å². The first-order chi connectivity index (χ1) is 9.65. The topological polar surface area (TPSA) is 41.1 Å². The van der Waals surface area contributed by atoms with E-state index in [-0.39, 0.29) is 5.91 Å². The Morgan fingerprint density at radius 3 is 2.40 bits per heavy atom. The fourth-order valence-corrected chi connectivity index (χ4v) is 2.87. The highest BCUT2D eigenvalue weighted by atomic mass is 16.1. The zero-order valence-corrected chi connectivity index (χ0v) is 12.7. The molecular formula is C17H26N2O. The van der Waals surface area contributed by atoms with Crippen LogP contribution in [0.4, 0.5) is 11.4 Å². The maximum absolute atomic E-state index is 11.2. The van der Waals surface area contributed by atoms with Crippen molar-refractivity contribution in [2.75, 3.05) is 10.6 Å². The second kappa shape index (κ2) is 7.32. The summed E-state index contributed by atoms with van der Waals surface area (Å²) < 4.78 is 0. The number of benzene rings is 1. The Bertz CT molecular complexity index is 448. The molecule has 0 heterocycles. The molecule has 0 unspecified atom stereocenters. The number of carbonyl (C=O) groups excluding carboxylic acids is 1. The molecule has 0 aromatic heterocycles. The summed E-state index contributed by atoms with van der Waals surface area (Å²) in [4.78, 5) is 11.2. The van der Waals surface area contributed by atoms with Crippen LogP contribution in [0.2, 0.25) is 0 Å². The average Bonchev–Trinajstić information content (AvgIpc) is 2.36. The lowest BCUT2D eigenvalue weighted by molar-refractivity contribution is -0.114. The smallest absolute Gasteiger partial charge is 0.221 e. The maximum atomic E-state index is 11.2. The SMILES string of the molecule is CC(=O)Nc1cc(NC2CCCCCCC2)ccc1C. The van der Waals surface area contributed by atoms with Gasteiger partial charge in [0.05, 0.1) is 0 Å². The molecule has 2 rings (SSSR count). The molecule has 20 heavy (non-hydrogen) atoms. The summed E-state index contributed by atoms with van der Waals surface area (Å²) in [6, 6.07) is 6.80. The Labute approximate surface area is 122 Å². The zero-order chi connectivity index (χ0) is 14.4. The van der Waals surface area contributed by atoms with E-state index >= 15 is 0 Å². The van der Waals surface area contributed by atoms with E-state index in [1.165, 1.54) is 44.9 Å². The van der Waals surface area contributed by atoms with Gasteiger partial charge in [-0.2, -0.15) is 0 Å². The number of aryl methyl sites for hydroxylation is 1. The van der Waals surface area contributed by atoms with Gasteiger partial charge in [0.15, 0.2) is 0 Å². The standard InChI is InChI=1S/C17H26N2O/c1-13-10-11-16(12-17(13)18-14(2)20)19-15-8-6-4-3-5-7-9-15/h10-12,15,19H,3-9H2,1-2H3,(H,18,20). The highest BCUT2D eigenvalue weighted by Gasteiger charge is 2.11. The summed E-state index contributed by atoms with van der Waals surface area (Å²) in [5, 5.41) is 6.53. The van der Waals surface area contributed by atoms with Gasteiger partial charge in [0.25, 0.3) is 0 Å². The van der Waals surface area contributed by atoms with Crippen molar-refractivity contribution < 1.29 is 4.79 Å². The predicted molar refractivity (Wildman–Crippen MR) is 85.2 cm³/mol. The van der Waals surface area contributed by atoms with E-state index in [1.807, 2.05) is 6.92 Å². The number of hydrogen-bond donors (Lipinski definition) is 2. The van der Waals surface area contributed by atoms with Gasteiger partial charge in [-0.25, -0.2) is 0 Å². The van der Waals surface area contributed by atoms with E-state index in [0.29, 0.717) is 6.04 Å². The number of amides is 1.